The Morgan fingerprint density at radius 2 is 1.86 bits per heavy atom. The molecule has 0 aliphatic rings. The summed E-state index contributed by atoms with van der Waals surface area (Å²) in [5.41, 5.74) is 4.27. The molecule has 184 valence electrons. The molecule has 1 atom stereocenters. The second kappa shape index (κ2) is 9.38. The van der Waals surface area contributed by atoms with Crippen molar-refractivity contribution in [1.82, 2.24) is 9.88 Å². The van der Waals surface area contributed by atoms with Crippen LogP contribution in [0.25, 0.3) is 32.1 Å². The second-order valence-corrected chi connectivity index (χ2v) is 10.9. The number of nitrogens with one attached hydrogen (secondary N) is 1. The number of aromatic amines is 1. The first-order valence-electron chi connectivity index (χ1n) is 11.7. The van der Waals surface area contributed by atoms with Crippen molar-refractivity contribution in [1.29, 1.82) is 0 Å². The molecule has 35 heavy (non-hydrogen) atoms. The van der Waals surface area contributed by atoms with Gasteiger partial charge in [0.15, 0.2) is 0 Å². The van der Waals surface area contributed by atoms with Crippen LogP contribution in [0, 0.1) is 6.92 Å². The van der Waals surface area contributed by atoms with E-state index < -0.39 is 5.60 Å². The molecular weight excluding hydrogens is 460 g/mol. The van der Waals surface area contributed by atoms with E-state index in [4.69, 9.17) is 9.47 Å². The predicted octanol–water partition coefficient (Wildman–Crippen LogP) is 6.70. The normalized spacial score (nSPS) is 12.7. The minimum atomic E-state index is -0.524. The van der Waals surface area contributed by atoms with Crippen LogP contribution < -0.4 is 10.3 Å². The number of thiophene rings is 1. The van der Waals surface area contributed by atoms with Crippen LogP contribution in [0.2, 0.25) is 0 Å². The topological polar surface area (TPSA) is 71.6 Å². The molecule has 7 heteroatoms. The molecule has 0 radical (unpaired) electrons. The smallest absolute Gasteiger partial charge is 0.410 e. The zero-order chi connectivity index (χ0) is 25.5. The molecule has 0 aliphatic heterocycles. The van der Waals surface area contributed by atoms with E-state index in [1.807, 2.05) is 45.2 Å². The van der Waals surface area contributed by atoms with Gasteiger partial charge in [-0.2, -0.15) is 0 Å². The zero-order valence-corrected chi connectivity index (χ0v) is 22.1. The van der Waals surface area contributed by atoms with Gasteiger partial charge in [-0.25, -0.2) is 4.79 Å². The van der Waals surface area contributed by atoms with Crippen LogP contribution in [0.1, 0.15) is 44.7 Å². The van der Waals surface area contributed by atoms with Crippen LogP contribution in [0.4, 0.5) is 4.79 Å². The summed E-state index contributed by atoms with van der Waals surface area (Å²) in [4.78, 5) is 29.7. The number of amides is 1. The number of hydrogen-bond donors (Lipinski definition) is 1. The van der Waals surface area contributed by atoms with Crippen LogP contribution in [-0.4, -0.2) is 42.3 Å². The number of hydrogen-bond acceptors (Lipinski definition) is 5. The highest BCUT2D eigenvalue weighted by Gasteiger charge is 2.22. The third-order valence-electron chi connectivity index (χ3n) is 6.11. The first-order valence-corrected chi connectivity index (χ1v) is 12.5. The molecule has 0 fully saturated rings. The fourth-order valence-electron chi connectivity index (χ4n) is 4.43. The van der Waals surface area contributed by atoms with E-state index in [1.54, 1.807) is 19.1 Å². The van der Waals surface area contributed by atoms with Crippen molar-refractivity contribution < 1.29 is 14.3 Å². The van der Waals surface area contributed by atoms with Gasteiger partial charge in [0.1, 0.15) is 16.1 Å². The van der Waals surface area contributed by atoms with Gasteiger partial charge < -0.3 is 19.4 Å². The van der Waals surface area contributed by atoms with Gasteiger partial charge in [-0.1, -0.05) is 31.2 Å². The fourth-order valence-corrected chi connectivity index (χ4v) is 5.22. The highest BCUT2D eigenvalue weighted by atomic mass is 32.1. The standard InChI is InChI=1S/C28H32N2O4S/c1-16-14-21(33-7)22(23-20-12-13-35-25(20)26(31)29-24(16)23)19-10-8-18(9-11-19)17(2)15-30(6)27(32)34-28(3,4)5/h8-14,17H,15H2,1-7H3,(H,29,31). The highest BCUT2D eigenvalue weighted by molar-refractivity contribution is 7.17. The summed E-state index contributed by atoms with van der Waals surface area (Å²) in [7, 11) is 3.43. The van der Waals surface area contributed by atoms with Gasteiger partial charge >= 0.3 is 6.09 Å². The number of aromatic nitrogens is 1. The number of nitrogens with zero attached hydrogens (tertiary/aromatic N) is 1. The van der Waals surface area contributed by atoms with E-state index in [0.717, 1.165) is 44.3 Å². The molecule has 6 nitrogen and oxygen atoms in total. The Bertz CT molecular complexity index is 1440. The maximum Gasteiger partial charge on any atom is 0.410 e. The average molecular weight is 493 g/mol. The molecule has 0 saturated carbocycles. The summed E-state index contributed by atoms with van der Waals surface area (Å²) in [5.74, 6) is 0.887. The number of likely N-dealkylation sites (N-methyl/N-ethyl adjacent to an activating group) is 1. The number of pyridine rings is 1. The van der Waals surface area contributed by atoms with Crippen molar-refractivity contribution in [2.75, 3.05) is 20.7 Å². The van der Waals surface area contributed by atoms with E-state index in [-0.39, 0.29) is 17.6 Å². The number of ether oxygens (including phenoxy) is 2. The van der Waals surface area contributed by atoms with Gasteiger partial charge in [-0.3, -0.25) is 4.79 Å². The van der Waals surface area contributed by atoms with Crippen LogP contribution in [0.3, 0.4) is 0 Å². The predicted molar refractivity (Wildman–Crippen MR) is 144 cm³/mol. The molecule has 2 aromatic heterocycles. The van der Waals surface area contributed by atoms with E-state index in [2.05, 4.69) is 36.2 Å². The van der Waals surface area contributed by atoms with Gasteiger partial charge in [-0.15, -0.1) is 11.3 Å². The molecule has 1 N–H and O–H groups in total. The van der Waals surface area contributed by atoms with Crippen molar-refractivity contribution >= 4 is 38.4 Å². The number of carbonyl (C=O) groups is 1. The summed E-state index contributed by atoms with van der Waals surface area (Å²) in [6, 6.07) is 12.3. The first kappa shape index (κ1) is 24.8. The Labute approximate surface area is 209 Å². The van der Waals surface area contributed by atoms with Crippen LogP contribution >= 0.6 is 11.3 Å². The molecule has 0 saturated heterocycles. The van der Waals surface area contributed by atoms with E-state index in [9.17, 15) is 9.59 Å². The summed E-state index contributed by atoms with van der Waals surface area (Å²) < 4.78 is 12.0. The third-order valence-corrected chi connectivity index (χ3v) is 7.02. The number of benzene rings is 2. The zero-order valence-electron chi connectivity index (χ0n) is 21.3. The highest BCUT2D eigenvalue weighted by Crippen LogP contribution is 2.42. The SMILES string of the molecule is COc1cc(C)c2[nH]c(=O)c3sccc3c2c1-c1ccc(C(C)CN(C)C(=O)OC(C)(C)C)cc1. The van der Waals surface area contributed by atoms with Crippen LogP contribution in [0.5, 0.6) is 5.75 Å². The van der Waals surface area contributed by atoms with Gasteiger partial charge in [0, 0.05) is 29.9 Å². The number of rotatable bonds is 5. The molecule has 0 spiro atoms. The second-order valence-electron chi connectivity index (χ2n) is 10.0. The van der Waals surface area contributed by atoms with E-state index in [0.29, 0.717) is 11.2 Å². The molecule has 0 bridgehead atoms. The third kappa shape index (κ3) is 4.91. The molecule has 0 aliphatic carbocycles. The lowest BCUT2D eigenvalue weighted by Gasteiger charge is -2.26. The van der Waals surface area contributed by atoms with Crippen LogP contribution in [0.15, 0.2) is 46.6 Å². The van der Waals surface area contributed by atoms with Crippen molar-refractivity contribution in [2.24, 2.45) is 0 Å². The van der Waals surface area contributed by atoms with E-state index in [1.165, 1.54) is 11.3 Å². The fraction of sp³-hybridized carbons (Fsp3) is 0.357. The monoisotopic (exact) mass is 492 g/mol. The Kier molecular flexibility index (Phi) is 6.64. The van der Waals surface area contributed by atoms with Crippen molar-refractivity contribution in [2.45, 2.75) is 46.1 Å². The molecule has 4 aromatic rings. The maximum atomic E-state index is 12.6. The summed E-state index contributed by atoms with van der Waals surface area (Å²) >= 11 is 1.44. The van der Waals surface area contributed by atoms with Crippen LogP contribution in [-0.2, 0) is 4.74 Å². The lowest BCUT2D eigenvalue weighted by molar-refractivity contribution is 0.0291. The minimum Gasteiger partial charge on any atom is -0.496 e. The molecule has 1 unspecified atom stereocenters. The average Bonchev–Trinajstić information content (AvgIpc) is 3.29. The number of aryl methyl sites for hydroxylation is 1. The largest absolute Gasteiger partial charge is 0.496 e. The van der Waals surface area contributed by atoms with Crippen molar-refractivity contribution in [3.63, 3.8) is 0 Å². The Morgan fingerprint density at radius 1 is 1.17 bits per heavy atom. The van der Waals surface area contributed by atoms with Gasteiger partial charge in [0.25, 0.3) is 5.56 Å². The van der Waals surface area contributed by atoms with Crippen molar-refractivity contribution in [3.05, 3.63) is 63.3 Å². The molecule has 2 heterocycles. The Balaban J connectivity index is 1.72. The summed E-state index contributed by atoms with van der Waals surface area (Å²) in [5, 5.41) is 3.87. The lowest BCUT2D eigenvalue weighted by atomic mass is 9.92. The molecule has 2 aromatic carbocycles. The first-order chi connectivity index (χ1) is 16.5. The Morgan fingerprint density at radius 3 is 2.49 bits per heavy atom. The number of H-pyrrole nitrogens is 1. The van der Waals surface area contributed by atoms with Gasteiger partial charge in [0.2, 0.25) is 0 Å². The molecule has 1 amide bonds. The minimum absolute atomic E-state index is 0.0694. The van der Waals surface area contributed by atoms with E-state index >= 15 is 0 Å². The Hall–Kier alpha value is -3.32. The summed E-state index contributed by atoms with van der Waals surface area (Å²) in [6.45, 7) is 10.2. The number of carbonyl (C=O) groups excluding carboxylic acids is 1. The number of fused-ring (bicyclic) bond motifs is 3. The number of methoxy groups -OCH3 is 1. The quantitative estimate of drug-likeness (QED) is 0.337. The maximum absolute atomic E-state index is 12.6. The van der Waals surface area contributed by atoms with Gasteiger partial charge in [-0.05, 0) is 67.8 Å². The molecule has 4 rings (SSSR count). The molecular formula is C28H32N2O4S. The van der Waals surface area contributed by atoms with Gasteiger partial charge in [0.05, 0.1) is 12.6 Å². The summed E-state index contributed by atoms with van der Waals surface area (Å²) in [6.07, 6.45) is -0.328. The lowest BCUT2D eigenvalue weighted by Crippen LogP contribution is -2.36. The van der Waals surface area contributed by atoms with Crippen molar-refractivity contribution in [3.8, 4) is 16.9 Å².